The van der Waals surface area contributed by atoms with Crippen LogP contribution in [0.5, 0.6) is 5.75 Å². The largest absolute Gasteiger partial charge is 0.488 e. The normalized spacial score (nSPS) is 14.2. The second-order valence-corrected chi connectivity index (χ2v) is 6.91. The van der Waals surface area contributed by atoms with Crippen molar-refractivity contribution < 1.29 is 19.1 Å². The molecule has 1 aromatic heterocycles. The first-order valence-corrected chi connectivity index (χ1v) is 9.51. The summed E-state index contributed by atoms with van der Waals surface area (Å²) in [6.07, 6.45) is -0.316. The fraction of sp³-hybridized carbons (Fsp3) is 0.368. The third-order valence-electron chi connectivity index (χ3n) is 4.14. The van der Waals surface area contributed by atoms with Gasteiger partial charge in [0.25, 0.3) is 5.91 Å². The van der Waals surface area contributed by atoms with Crippen LogP contribution in [-0.2, 0) is 11.3 Å². The Bertz CT molecular complexity index is 740. The van der Waals surface area contributed by atoms with Crippen molar-refractivity contribution in [3.05, 3.63) is 52.2 Å². The zero-order chi connectivity index (χ0) is 18.4. The molecule has 7 heteroatoms. The van der Waals surface area contributed by atoms with Gasteiger partial charge in [-0.15, -0.1) is 11.3 Å². The summed E-state index contributed by atoms with van der Waals surface area (Å²) in [7, 11) is 0. The quantitative estimate of drug-likeness (QED) is 0.806. The van der Waals surface area contributed by atoms with Crippen LogP contribution >= 0.6 is 11.3 Å². The van der Waals surface area contributed by atoms with Crippen molar-refractivity contribution in [2.24, 2.45) is 0 Å². The summed E-state index contributed by atoms with van der Waals surface area (Å²) >= 11 is 1.64. The van der Waals surface area contributed by atoms with Crippen molar-refractivity contribution in [3.8, 4) is 5.75 Å². The summed E-state index contributed by atoms with van der Waals surface area (Å²) in [5, 5.41) is 2.01. The first-order chi connectivity index (χ1) is 12.7. The van der Waals surface area contributed by atoms with E-state index in [0.717, 1.165) is 4.88 Å². The summed E-state index contributed by atoms with van der Waals surface area (Å²) < 4.78 is 10.8. The van der Waals surface area contributed by atoms with Crippen LogP contribution in [0.25, 0.3) is 0 Å². The Balaban J connectivity index is 1.56. The zero-order valence-electron chi connectivity index (χ0n) is 14.7. The molecular weight excluding hydrogens is 352 g/mol. The van der Waals surface area contributed by atoms with Crippen molar-refractivity contribution in [1.82, 2.24) is 9.80 Å². The minimum atomic E-state index is -0.316. The number of rotatable bonds is 5. The van der Waals surface area contributed by atoms with Gasteiger partial charge in [-0.2, -0.15) is 0 Å². The molecule has 1 saturated heterocycles. The van der Waals surface area contributed by atoms with Crippen LogP contribution in [0.1, 0.15) is 22.2 Å². The fourth-order valence-electron chi connectivity index (χ4n) is 2.76. The minimum Gasteiger partial charge on any atom is -0.488 e. The number of amides is 2. The number of benzene rings is 1. The van der Waals surface area contributed by atoms with Gasteiger partial charge in [-0.1, -0.05) is 12.1 Å². The van der Waals surface area contributed by atoms with Gasteiger partial charge in [-0.3, -0.25) is 4.79 Å². The van der Waals surface area contributed by atoms with E-state index in [1.54, 1.807) is 40.2 Å². The van der Waals surface area contributed by atoms with Gasteiger partial charge in [-0.05, 0) is 36.6 Å². The van der Waals surface area contributed by atoms with E-state index in [0.29, 0.717) is 50.7 Å². The topological polar surface area (TPSA) is 59.1 Å². The average molecular weight is 374 g/mol. The van der Waals surface area contributed by atoms with E-state index in [9.17, 15) is 9.59 Å². The molecule has 0 unspecified atom stereocenters. The lowest BCUT2D eigenvalue weighted by Crippen LogP contribution is -2.50. The third-order valence-corrected chi connectivity index (χ3v) is 4.98. The molecule has 3 rings (SSSR count). The van der Waals surface area contributed by atoms with Crippen LogP contribution in [0.4, 0.5) is 4.79 Å². The Morgan fingerprint density at radius 1 is 1.08 bits per heavy atom. The van der Waals surface area contributed by atoms with E-state index in [-0.39, 0.29) is 12.0 Å². The average Bonchev–Trinajstić information content (AvgIpc) is 3.20. The number of piperazine rings is 1. The van der Waals surface area contributed by atoms with Gasteiger partial charge >= 0.3 is 6.09 Å². The highest BCUT2D eigenvalue weighted by molar-refractivity contribution is 7.09. The van der Waals surface area contributed by atoms with E-state index in [4.69, 9.17) is 9.47 Å². The second-order valence-electron chi connectivity index (χ2n) is 5.87. The van der Waals surface area contributed by atoms with Crippen LogP contribution in [0, 0.1) is 0 Å². The van der Waals surface area contributed by atoms with E-state index in [1.807, 2.05) is 29.6 Å². The molecule has 0 radical (unpaired) electrons. The van der Waals surface area contributed by atoms with E-state index < -0.39 is 0 Å². The van der Waals surface area contributed by atoms with Crippen LogP contribution in [0.2, 0.25) is 0 Å². The van der Waals surface area contributed by atoms with Crippen LogP contribution in [0.15, 0.2) is 41.8 Å². The zero-order valence-corrected chi connectivity index (χ0v) is 15.5. The lowest BCUT2D eigenvalue weighted by molar-refractivity contribution is 0.0570. The summed E-state index contributed by atoms with van der Waals surface area (Å²) in [5.74, 6) is 0.629. The molecule has 0 aliphatic carbocycles. The highest BCUT2D eigenvalue weighted by Crippen LogP contribution is 2.19. The van der Waals surface area contributed by atoms with Crippen molar-refractivity contribution in [2.75, 3.05) is 32.8 Å². The Kier molecular flexibility index (Phi) is 6.12. The van der Waals surface area contributed by atoms with Gasteiger partial charge in [0.05, 0.1) is 6.61 Å². The molecule has 2 heterocycles. The first-order valence-electron chi connectivity index (χ1n) is 8.63. The molecule has 1 aliphatic rings. The minimum absolute atomic E-state index is 0.0462. The molecule has 26 heavy (non-hydrogen) atoms. The molecule has 2 aromatic rings. The summed E-state index contributed by atoms with van der Waals surface area (Å²) in [4.78, 5) is 29.0. The van der Waals surface area contributed by atoms with Crippen LogP contribution in [-0.4, -0.2) is 54.6 Å². The van der Waals surface area contributed by atoms with E-state index in [2.05, 4.69) is 0 Å². The highest BCUT2D eigenvalue weighted by Gasteiger charge is 2.25. The lowest BCUT2D eigenvalue weighted by Gasteiger charge is -2.34. The molecule has 1 aromatic carbocycles. The molecule has 0 atom stereocenters. The van der Waals surface area contributed by atoms with Crippen molar-refractivity contribution in [3.63, 3.8) is 0 Å². The summed E-state index contributed by atoms with van der Waals surface area (Å²) in [6, 6.07) is 11.2. The predicted molar refractivity (Wildman–Crippen MR) is 99.6 cm³/mol. The molecule has 2 amide bonds. The van der Waals surface area contributed by atoms with Gasteiger partial charge in [0.15, 0.2) is 0 Å². The number of carbonyl (C=O) groups excluding carboxylic acids is 2. The van der Waals surface area contributed by atoms with Gasteiger partial charge < -0.3 is 19.3 Å². The van der Waals surface area contributed by atoms with Gasteiger partial charge in [0, 0.05) is 36.6 Å². The van der Waals surface area contributed by atoms with Gasteiger partial charge in [0.1, 0.15) is 12.4 Å². The Labute approximate surface area is 156 Å². The number of ether oxygens (including phenoxy) is 2. The predicted octanol–water partition coefficient (Wildman–Crippen LogP) is 3.24. The lowest BCUT2D eigenvalue weighted by atomic mass is 10.1. The maximum absolute atomic E-state index is 12.7. The smallest absolute Gasteiger partial charge is 0.409 e. The highest BCUT2D eigenvalue weighted by atomic mass is 32.1. The Morgan fingerprint density at radius 2 is 1.85 bits per heavy atom. The maximum Gasteiger partial charge on any atom is 0.409 e. The number of nitrogens with zero attached hydrogens (tertiary/aromatic N) is 2. The maximum atomic E-state index is 12.7. The number of hydrogen-bond acceptors (Lipinski definition) is 5. The number of hydrogen-bond donors (Lipinski definition) is 0. The molecule has 0 bridgehead atoms. The van der Waals surface area contributed by atoms with Gasteiger partial charge in [-0.25, -0.2) is 4.79 Å². The van der Waals surface area contributed by atoms with Crippen LogP contribution in [0.3, 0.4) is 0 Å². The Morgan fingerprint density at radius 3 is 2.54 bits per heavy atom. The van der Waals surface area contributed by atoms with Crippen LogP contribution < -0.4 is 4.74 Å². The fourth-order valence-corrected chi connectivity index (χ4v) is 3.37. The molecule has 1 fully saturated rings. The molecule has 138 valence electrons. The molecule has 1 aliphatic heterocycles. The first kappa shape index (κ1) is 18.3. The standard InChI is InChI=1S/C19H22N2O4S/c1-2-24-19(23)21-10-8-20(9-11-21)18(22)15-5-3-6-16(13-15)25-14-17-7-4-12-26-17/h3-7,12-13H,2,8-11,14H2,1H3. The molecule has 0 saturated carbocycles. The molecular formula is C19H22N2O4S. The summed E-state index contributed by atoms with van der Waals surface area (Å²) in [5.41, 5.74) is 0.596. The second kappa shape index (κ2) is 8.71. The number of thiophene rings is 1. The number of carbonyl (C=O) groups is 2. The SMILES string of the molecule is CCOC(=O)N1CCN(C(=O)c2cccc(OCc3cccs3)c2)CC1. The Hall–Kier alpha value is -2.54. The van der Waals surface area contributed by atoms with E-state index in [1.165, 1.54) is 0 Å². The van der Waals surface area contributed by atoms with Crippen molar-refractivity contribution in [2.45, 2.75) is 13.5 Å². The molecule has 6 nitrogen and oxygen atoms in total. The summed E-state index contributed by atoms with van der Waals surface area (Å²) in [6.45, 7) is 4.60. The monoisotopic (exact) mass is 374 g/mol. The molecule has 0 N–H and O–H groups in total. The molecule has 0 spiro atoms. The van der Waals surface area contributed by atoms with Gasteiger partial charge in [0.2, 0.25) is 0 Å². The van der Waals surface area contributed by atoms with Crippen molar-refractivity contribution in [1.29, 1.82) is 0 Å². The third kappa shape index (κ3) is 4.54. The van der Waals surface area contributed by atoms with E-state index >= 15 is 0 Å². The van der Waals surface area contributed by atoms with Crippen molar-refractivity contribution >= 4 is 23.3 Å².